The third-order valence-corrected chi connectivity index (χ3v) is 6.66. The number of fused-ring (bicyclic) bond motifs is 1. The normalized spacial score (nSPS) is 14.2. The fraction of sp³-hybridized carbons (Fsp3) is 0.190. The molecule has 4 rings (SSSR count). The van der Waals surface area contributed by atoms with E-state index in [9.17, 15) is 21.6 Å². The Morgan fingerprint density at radius 1 is 1.07 bits per heavy atom. The molecule has 0 amide bonds. The van der Waals surface area contributed by atoms with Crippen LogP contribution >= 0.6 is 0 Å². The Morgan fingerprint density at radius 2 is 1.87 bits per heavy atom. The van der Waals surface area contributed by atoms with E-state index in [1.54, 1.807) is 30.5 Å². The summed E-state index contributed by atoms with van der Waals surface area (Å²) in [4.78, 5) is 3.82. The predicted molar refractivity (Wildman–Crippen MR) is 106 cm³/mol. The first kappa shape index (κ1) is 20.2. The van der Waals surface area contributed by atoms with Gasteiger partial charge in [0.25, 0.3) is 10.0 Å². The monoisotopic (exact) mass is 434 g/mol. The lowest BCUT2D eigenvalue weighted by atomic mass is 10.0. The van der Waals surface area contributed by atoms with Gasteiger partial charge in [0.05, 0.1) is 22.7 Å². The van der Waals surface area contributed by atoms with Crippen LogP contribution in [0.5, 0.6) is 5.75 Å². The molecule has 1 aliphatic heterocycles. The summed E-state index contributed by atoms with van der Waals surface area (Å²) < 4.78 is 72.4. The van der Waals surface area contributed by atoms with Gasteiger partial charge < -0.3 is 4.74 Å². The summed E-state index contributed by atoms with van der Waals surface area (Å²) in [5, 5.41) is 0. The second kappa shape index (κ2) is 7.32. The third kappa shape index (κ3) is 3.60. The average molecular weight is 434 g/mol. The fourth-order valence-corrected chi connectivity index (χ4v) is 4.86. The SMILES string of the molecule is Cc1ncccc1-c1ccc2c(c1)N(S(=O)(=O)c1cccc(C(F)(F)F)c1)CCO2. The van der Waals surface area contributed by atoms with Crippen molar-refractivity contribution in [3.8, 4) is 16.9 Å². The number of rotatable bonds is 3. The van der Waals surface area contributed by atoms with E-state index in [2.05, 4.69) is 4.98 Å². The molecular weight excluding hydrogens is 417 g/mol. The highest BCUT2D eigenvalue weighted by Gasteiger charge is 2.34. The van der Waals surface area contributed by atoms with Gasteiger partial charge in [0.15, 0.2) is 0 Å². The van der Waals surface area contributed by atoms with Gasteiger partial charge >= 0.3 is 6.18 Å². The van der Waals surface area contributed by atoms with Crippen molar-refractivity contribution in [1.82, 2.24) is 4.98 Å². The summed E-state index contributed by atoms with van der Waals surface area (Å²) in [7, 11) is -4.23. The Hall–Kier alpha value is -3.07. The second-order valence-corrected chi connectivity index (χ2v) is 8.63. The Balaban J connectivity index is 1.81. The van der Waals surface area contributed by atoms with Crippen LogP contribution in [-0.2, 0) is 16.2 Å². The number of sulfonamides is 1. The number of aryl methyl sites for hydroxylation is 1. The molecule has 3 aromatic rings. The molecule has 0 unspecified atom stereocenters. The van der Waals surface area contributed by atoms with Crippen molar-refractivity contribution in [2.45, 2.75) is 18.0 Å². The van der Waals surface area contributed by atoms with Gasteiger partial charge in [0, 0.05) is 17.5 Å². The number of alkyl halides is 3. The molecule has 9 heteroatoms. The van der Waals surface area contributed by atoms with E-state index < -0.39 is 26.7 Å². The topological polar surface area (TPSA) is 59.5 Å². The lowest BCUT2D eigenvalue weighted by Gasteiger charge is -2.31. The lowest BCUT2D eigenvalue weighted by Crippen LogP contribution is -2.38. The van der Waals surface area contributed by atoms with Crippen LogP contribution in [0.4, 0.5) is 18.9 Å². The first-order valence-electron chi connectivity index (χ1n) is 9.07. The molecular formula is C21H17F3N2O3S. The van der Waals surface area contributed by atoms with Crippen molar-refractivity contribution in [3.63, 3.8) is 0 Å². The van der Waals surface area contributed by atoms with E-state index in [0.29, 0.717) is 11.8 Å². The minimum atomic E-state index is -4.64. The number of benzene rings is 2. The van der Waals surface area contributed by atoms with E-state index in [0.717, 1.165) is 39.3 Å². The summed E-state index contributed by atoms with van der Waals surface area (Å²) in [6, 6.07) is 12.5. The highest BCUT2D eigenvalue weighted by molar-refractivity contribution is 7.92. The molecule has 5 nitrogen and oxygen atoms in total. The highest BCUT2D eigenvalue weighted by atomic mass is 32.2. The number of aromatic nitrogens is 1. The smallest absolute Gasteiger partial charge is 0.416 e. The van der Waals surface area contributed by atoms with Crippen LogP contribution in [0.15, 0.2) is 65.7 Å². The number of anilines is 1. The molecule has 0 saturated carbocycles. The zero-order valence-corrected chi connectivity index (χ0v) is 16.7. The largest absolute Gasteiger partial charge is 0.489 e. The van der Waals surface area contributed by atoms with Gasteiger partial charge in [-0.3, -0.25) is 9.29 Å². The van der Waals surface area contributed by atoms with Gasteiger partial charge in [-0.15, -0.1) is 0 Å². The first-order chi connectivity index (χ1) is 14.2. The van der Waals surface area contributed by atoms with Crippen LogP contribution in [0, 0.1) is 6.92 Å². The van der Waals surface area contributed by atoms with Gasteiger partial charge in [-0.05, 0) is 48.9 Å². The number of ether oxygens (including phenoxy) is 1. The highest BCUT2D eigenvalue weighted by Crippen LogP contribution is 2.39. The second-order valence-electron chi connectivity index (χ2n) is 6.77. The Kier molecular flexibility index (Phi) is 4.93. The summed E-state index contributed by atoms with van der Waals surface area (Å²) in [5.41, 5.74) is 1.58. The molecule has 1 aliphatic rings. The molecule has 0 spiro atoms. The Morgan fingerprint density at radius 3 is 2.60 bits per heavy atom. The van der Waals surface area contributed by atoms with Crippen LogP contribution in [0.3, 0.4) is 0 Å². The molecule has 2 aromatic carbocycles. The Bertz CT molecular complexity index is 1210. The predicted octanol–water partition coefficient (Wildman–Crippen LogP) is 4.66. The van der Waals surface area contributed by atoms with Gasteiger partial charge in [-0.1, -0.05) is 18.2 Å². The van der Waals surface area contributed by atoms with E-state index in [1.807, 2.05) is 13.0 Å². The van der Waals surface area contributed by atoms with E-state index in [4.69, 9.17) is 4.74 Å². The molecule has 0 bridgehead atoms. The van der Waals surface area contributed by atoms with E-state index in [-0.39, 0.29) is 18.8 Å². The Labute approximate surface area is 171 Å². The fourth-order valence-electron chi connectivity index (χ4n) is 3.36. The van der Waals surface area contributed by atoms with E-state index >= 15 is 0 Å². The number of halogens is 3. The van der Waals surface area contributed by atoms with Crippen LogP contribution < -0.4 is 9.04 Å². The summed E-state index contributed by atoms with van der Waals surface area (Å²) in [6.07, 6.45) is -2.98. The van der Waals surface area contributed by atoms with Crippen molar-refractivity contribution in [1.29, 1.82) is 0 Å². The number of hydrogen-bond donors (Lipinski definition) is 0. The zero-order chi connectivity index (χ0) is 21.5. The van der Waals surface area contributed by atoms with Crippen molar-refractivity contribution in [2.75, 3.05) is 17.5 Å². The maximum absolute atomic E-state index is 13.2. The number of hydrogen-bond acceptors (Lipinski definition) is 4. The first-order valence-corrected chi connectivity index (χ1v) is 10.5. The van der Waals surface area contributed by atoms with E-state index in [1.165, 1.54) is 0 Å². The minimum Gasteiger partial charge on any atom is -0.489 e. The molecule has 30 heavy (non-hydrogen) atoms. The van der Waals surface area contributed by atoms with Crippen LogP contribution in [-0.4, -0.2) is 26.6 Å². The zero-order valence-electron chi connectivity index (χ0n) is 15.8. The molecule has 0 radical (unpaired) electrons. The van der Waals surface area contributed by atoms with Crippen molar-refractivity contribution in [2.24, 2.45) is 0 Å². The van der Waals surface area contributed by atoms with Gasteiger partial charge in [-0.2, -0.15) is 13.2 Å². The molecule has 0 aliphatic carbocycles. The lowest BCUT2D eigenvalue weighted by molar-refractivity contribution is -0.137. The van der Waals surface area contributed by atoms with Crippen molar-refractivity contribution >= 4 is 15.7 Å². The molecule has 0 atom stereocenters. The van der Waals surface area contributed by atoms with Gasteiger partial charge in [0.2, 0.25) is 0 Å². The average Bonchev–Trinajstić information content (AvgIpc) is 2.73. The van der Waals surface area contributed by atoms with Crippen LogP contribution in [0.25, 0.3) is 11.1 Å². The summed E-state index contributed by atoms with van der Waals surface area (Å²) in [6.45, 7) is 1.92. The molecule has 2 heterocycles. The summed E-state index contributed by atoms with van der Waals surface area (Å²) in [5.74, 6) is 0.349. The van der Waals surface area contributed by atoms with Gasteiger partial charge in [0.1, 0.15) is 12.4 Å². The molecule has 0 fully saturated rings. The standard InChI is InChI=1S/C21H17F3N2O3S/c1-14-18(6-3-9-25-14)15-7-8-20-19(12-15)26(10-11-29-20)30(27,28)17-5-2-4-16(13-17)21(22,23)24/h2-9,12-13H,10-11H2,1H3. The van der Waals surface area contributed by atoms with Crippen LogP contribution in [0.1, 0.15) is 11.3 Å². The number of pyridine rings is 1. The minimum absolute atomic E-state index is 0.0128. The molecule has 1 aromatic heterocycles. The summed E-state index contributed by atoms with van der Waals surface area (Å²) >= 11 is 0. The van der Waals surface area contributed by atoms with Crippen LogP contribution in [0.2, 0.25) is 0 Å². The molecule has 0 saturated heterocycles. The number of nitrogens with zero attached hydrogens (tertiary/aromatic N) is 2. The van der Waals surface area contributed by atoms with Crippen molar-refractivity contribution < 1.29 is 26.3 Å². The van der Waals surface area contributed by atoms with Crippen molar-refractivity contribution in [3.05, 3.63) is 72.1 Å². The molecule has 0 N–H and O–H groups in total. The van der Waals surface area contributed by atoms with Gasteiger partial charge in [-0.25, -0.2) is 8.42 Å². The molecule has 156 valence electrons. The maximum Gasteiger partial charge on any atom is 0.416 e. The maximum atomic E-state index is 13.2. The third-order valence-electron chi connectivity index (χ3n) is 4.85. The quantitative estimate of drug-likeness (QED) is 0.602.